The van der Waals surface area contributed by atoms with Gasteiger partial charge in [0.15, 0.2) is 0 Å². The van der Waals surface area contributed by atoms with Crippen LogP contribution < -0.4 is 0 Å². The van der Waals surface area contributed by atoms with Crippen molar-refractivity contribution in [2.24, 2.45) is 11.3 Å². The van der Waals surface area contributed by atoms with Crippen molar-refractivity contribution in [3.8, 4) is 0 Å². The molecule has 3 rings (SSSR count). The molecule has 0 radical (unpaired) electrons. The van der Waals surface area contributed by atoms with Crippen LogP contribution >= 0.6 is 0 Å². The summed E-state index contributed by atoms with van der Waals surface area (Å²) in [4.78, 5) is 0. The van der Waals surface area contributed by atoms with E-state index in [2.05, 4.69) is 63.5 Å². The Morgan fingerprint density at radius 3 is 2.52 bits per heavy atom. The van der Waals surface area contributed by atoms with E-state index in [-0.39, 0.29) is 5.41 Å². The molecule has 1 aromatic carbocycles. The summed E-state index contributed by atoms with van der Waals surface area (Å²) in [6.07, 6.45) is 8.00. The van der Waals surface area contributed by atoms with E-state index in [0.29, 0.717) is 0 Å². The molecule has 0 bridgehead atoms. The zero-order valence-electron chi connectivity index (χ0n) is 15.4. The van der Waals surface area contributed by atoms with Crippen molar-refractivity contribution in [1.82, 2.24) is 0 Å². The lowest BCUT2D eigenvalue weighted by Gasteiger charge is -2.37. The molecule has 2 aliphatic carbocycles. The molecule has 0 N–H and O–H groups in total. The van der Waals surface area contributed by atoms with Crippen LogP contribution in [0.2, 0.25) is 19.6 Å². The lowest BCUT2D eigenvalue weighted by Crippen LogP contribution is -2.27. The number of fused-ring (bicyclic) bond motifs is 1. The number of allylic oxidation sites excluding steroid dienone is 3. The van der Waals surface area contributed by atoms with E-state index in [1.54, 1.807) is 0 Å². The molecule has 1 aromatic rings. The molecule has 0 nitrogen and oxygen atoms in total. The van der Waals surface area contributed by atoms with Gasteiger partial charge in [0.1, 0.15) is 0 Å². The van der Waals surface area contributed by atoms with Crippen LogP contribution in [-0.4, -0.2) is 8.07 Å². The molecule has 1 heteroatoms. The van der Waals surface area contributed by atoms with Crippen LogP contribution in [0.4, 0.5) is 0 Å². The van der Waals surface area contributed by atoms with Crippen LogP contribution in [0.1, 0.15) is 51.0 Å². The van der Waals surface area contributed by atoms with Crippen LogP contribution in [-0.2, 0) is 0 Å². The third-order valence-corrected chi connectivity index (χ3v) is 8.56. The van der Waals surface area contributed by atoms with E-state index in [4.69, 9.17) is 0 Å². The van der Waals surface area contributed by atoms with Crippen molar-refractivity contribution < 1.29 is 0 Å². The third kappa shape index (κ3) is 2.67. The van der Waals surface area contributed by atoms with Gasteiger partial charge < -0.3 is 0 Å². The Labute approximate surface area is 143 Å². The number of benzene rings is 1. The standard InChI is InChI=1S/C22H32Si/c1-6-11-20-21(23(3,4)5)16-19-14-10-15-22(19,20)17(2)18-12-8-7-9-13-18/h7-9,12-13,19H,2,6,10-11,14-16H2,1,3-5H3/t19-,22+/m0/s1. The minimum atomic E-state index is -1.25. The van der Waals surface area contributed by atoms with Gasteiger partial charge in [-0.3, -0.25) is 0 Å². The molecular weight excluding hydrogens is 292 g/mol. The summed E-state index contributed by atoms with van der Waals surface area (Å²) in [5, 5.41) is 1.88. The van der Waals surface area contributed by atoms with E-state index >= 15 is 0 Å². The molecule has 0 aliphatic heterocycles. The van der Waals surface area contributed by atoms with Gasteiger partial charge in [0, 0.05) is 5.41 Å². The van der Waals surface area contributed by atoms with Crippen molar-refractivity contribution in [2.45, 2.75) is 65.1 Å². The normalized spacial score (nSPS) is 27.4. The summed E-state index contributed by atoms with van der Waals surface area (Å²) in [6, 6.07) is 11.0. The van der Waals surface area contributed by atoms with Crippen LogP contribution in [0.5, 0.6) is 0 Å². The minimum absolute atomic E-state index is 0.285. The summed E-state index contributed by atoms with van der Waals surface area (Å²) < 4.78 is 0. The predicted octanol–water partition coefficient (Wildman–Crippen LogP) is 6.86. The molecule has 124 valence electrons. The summed E-state index contributed by atoms with van der Waals surface area (Å²) in [7, 11) is -1.25. The molecule has 0 amide bonds. The fraction of sp³-hybridized carbons (Fsp3) is 0.545. The fourth-order valence-corrected chi connectivity index (χ4v) is 7.36. The monoisotopic (exact) mass is 324 g/mol. The van der Waals surface area contributed by atoms with Gasteiger partial charge in [-0.25, -0.2) is 0 Å². The van der Waals surface area contributed by atoms with Crippen molar-refractivity contribution in [2.75, 3.05) is 0 Å². The number of rotatable bonds is 5. The molecule has 0 saturated heterocycles. The van der Waals surface area contributed by atoms with Gasteiger partial charge in [0.2, 0.25) is 0 Å². The van der Waals surface area contributed by atoms with Crippen molar-refractivity contribution >= 4 is 13.6 Å². The van der Waals surface area contributed by atoms with Gasteiger partial charge in [0.05, 0.1) is 8.07 Å². The second kappa shape index (κ2) is 6.09. The van der Waals surface area contributed by atoms with Gasteiger partial charge in [-0.05, 0) is 42.7 Å². The molecule has 0 unspecified atom stereocenters. The first kappa shape index (κ1) is 16.8. The number of hydrogen-bond acceptors (Lipinski definition) is 0. The first-order valence-corrected chi connectivity index (χ1v) is 12.9. The highest BCUT2D eigenvalue weighted by molar-refractivity contribution is 6.83. The summed E-state index contributed by atoms with van der Waals surface area (Å²) in [5.74, 6) is 0.818. The van der Waals surface area contributed by atoms with Gasteiger partial charge in [-0.1, -0.05) is 87.1 Å². The molecule has 23 heavy (non-hydrogen) atoms. The Morgan fingerprint density at radius 2 is 1.91 bits per heavy atom. The Kier molecular flexibility index (Phi) is 4.44. The maximum Gasteiger partial charge on any atom is 0.0724 e. The van der Waals surface area contributed by atoms with Gasteiger partial charge in [0.25, 0.3) is 0 Å². The van der Waals surface area contributed by atoms with Gasteiger partial charge in [-0.15, -0.1) is 0 Å². The van der Waals surface area contributed by atoms with Crippen molar-refractivity contribution in [3.63, 3.8) is 0 Å². The van der Waals surface area contributed by atoms with E-state index in [0.717, 1.165) is 5.92 Å². The molecule has 0 heterocycles. The zero-order chi connectivity index (χ0) is 16.7. The maximum absolute atomic E-state index is 4.67. The summed E-state index contributed by atoms with van der Waals surface area (Å²) in [6.45, 7) is 14.6. The molecule has 1 fully saturated rings. The highest BCUT2D eigenvalue weighted by atomic mass is 28.3. The summed E-state index contributed by atoms with van der Waals surface area (Å²) >= 11 is 0. The van der Waals surface area contributed by atoms with Gasteiger partial charge in [-0.2, -0.15) is 0 Å². The highest BCUT2D eigenvalue weighted by Gasteiger charge is 2.53. The van der Waals surface area contributed by atoms with Gasteiger partial charge >= 0.3 is 0 Å². The lowest BCUT2D eigenvalue weighted by molar-refractivity contribution is 0.371. The molecule has 0 aromatic heterocycles. The number of hydrogen-bond donors (Lipinski definition) is 0. The van der Waals surface area contributed by atoms with Crippen LogP contribution in [0, 0.1) is 11.3 Å². The minimum Gasteiger partial charge on any atom is -0.0943 e. The topological polar surface area (TPSA) is 0 Å². The molecular formula is C22H32Si. The van der Waals surface area contributed by atoms with Crippen LogP contribution in [0.25, 0.3) is 5.57 Å². The third-order valence-electron chi connectivity index (χ3n) is 6.24. The first-order valence-electron chi connectivity index (χ1n) is 9.39. The lowest BCUT2D eigenvalue weighted by atomic mass is 9.67. The van der Waals surface area contributed by atoms with E-state index in [9.17, 15) is 0 Å². The zero-order valence-corrected chi connectivity index (χ0v) is 16.4. The second-order valence-electron chi connectivity index (χ2n) is 8.57. The Hall–Kier alpha value is -1.08. The first-order chi connectivity index (χ1) is 10.9. The van der Waals surface area contributed by atoms with Crippen LogP contribution in [0.15, 0.2) is 47.7 Å². The van der Waals surface area contributed by atoms with E-state index in [1.165, 1.54) is 49.7 Å². The molecule has 0 spiro atoms. The smallest absolute Gasteiger partial charge is 0.0724 e. The average Bonchev–Trinajstić information content (AvgIpc) is 3.06. The average molecular weight is 325 g/mol. The molecule has 2 aliphatic rings. The predicted molar refractivity (Wildman–Crippen MR) is 105 cm³/mol. The quantitative estimate of drug-likeness (QED) is 0.519. The van der Waals surface area contributed by atoms with E-state index < -0.39 is 8.07 Å². The largest absolute Gasteiger partial charge is 0.0943 e. The summed E-state index contributed by atoms with van der Waals surface area (Å²) in [5.41, 5.74) is 4.88. The molecule has 1 saturated carbocycles. The Bertz CT molecular complexity index is 617. The Morgan fingerprint density at radius 1 is 1.22 bits per heavy atom. The highest BCUT2D eigenvalue weighted by Crippen LogP contribution is 2.64. The fourth-order valence-electron chi connectivity index (χ4n) is 5.25. The Balaban J connectivity index is 2.13. The SMILES string of the molecule is C=C(c1ccccc1)[C@]12CCC[C@H]1CC([Si](C)(C)C)=C2CCC. The molecule has 2 atom stereocenters. The van der Waals surface area contributed by atoms with Crippen LogP contribution in [0.3, 0.4) is 0 Å². The van der Waals surface area contributed by atoms with Crippen molar-refractivity contribution in [1.29, 1.82) is 0 Å². The maximum atomic E-state index is 4.67. The second-order valence-corrected chi connectivity index (χ2v) is 13.7. The van der Waals surface area contributed by atoms with E-state index in [1.807, 2.05) is 10.8 Å². The van der Waals surface area contributed by atoms with Crippen molar-refractivity contribution in [3.05, 3.63) is 53.2 Å².